The van der Waals surface area contributed by atoms with Gasteiger partial charge in [-0.25, -0.2) is 9.13 Å². The molecule has 0 aromatic carbocycles. The van der Waals surface area contributed by atoms with E-state index in [9.17, 15) is 43.2 Å². The number of phosphoric ester groups is 2. The van der Waals surface area contributed by atoms with Crippen LogP contribution in [0.15, 0.2) is 24.3 Å². The Morgan fingerprint density at radius 3 is 0.702 bits per heavy atom. The predicted molar refractivity (Wildman–Crippen MR) is 428 cm³/mol. The number of aliphatic hydroxyl groups is 1. The molecule has 0 radical (unpaired) electrons. The summed E-state index contributed by atoms with van der Waals surface area (Å²) in [4.78, 5) is 73.2. The maximum absolute atomic E-state index is 13.1. The number of phosphoric acid groups is 2. The average Bonchev–Trinajstić information content (AvgIpc) is 0.911. The van der Waals surface area contributed by atoms with Gasteiger partial charge in [-0.3, -0.25) is 37.3 Å². The van der Waals surface area contributed by atoms with E-state index in [1.807, 2.05) is 0 Å². The molecule has 19 heteroatoms. The van der Waals surface area contributed by atoms with Crippen molar-refractivity contribution in [2.24, 2.45) is 0 Å². The van der Waals surface area contributed by atoms with Crippen LogP contribution in [0.2, 0.25) is 0 Å². The van der Waals surface area contributed by atoms with Gasteiger partial charge in [-0.1, -0.05) is 386 Å². The third kappa shape index (κ3) is 77.7. The van der Waals surface area contributed by atoms with E-state index in [4.69, 9.17) is 37.0 Å². The SMILES string of the molecule is CCCCCC/C=C\C=C/CCCCCCCC(=O)OC[C@H](COP(=O)(O)OC[C@@H](O)COP(=O)(O)OC[C@@H](COC(=O)CCCCCCCCCCCCCCC)OC(=O)CCCCCCCCCCCCCCCC)OC(=O)CCCCCCCCCCCCCCCCCCCCCCCC. The summed E-state index contributed by atoms with van der Waals surface area (Å²) in [6.45, 7) is 4.99. The van der Waals surface area contributed by atoms with Crippen LogP contribution in [-0.2, 0) is 65.4 Å². The van der Waals surface area contributed by atoms with Gasteiger partial charge in [0.2, 0.25) is 0 Å². The Morgan fingerprint density at radius 1 is 0.269 bits per heavy atom. The number of allylic oxidation sites excluding steroid dienone is 4. The number of aliphatic hydroxyl groups excluding tert-OH is 1. The summed E-state index contributed by atoms with van der Waals surface area (Å²) in [6.07, 6.45) is 75.7. The standard InChI is InChI=1S/C85H162O17P2/c1-5-9-13-17-21-25-29-33-36-37-38-39-40-41-42-44-48-52-56-60-64-68-72-85(90)102-81(76-96-83(88)70-66-62-58-54-50-47-43-34-30-26-22-18-14-10-6-2)78-100-104(93,94)98-74-79(86)73-97-103(91,92)99-77-80(75-95-82(87)69-65-61-57-53-49-45-32-28-24-20-16-12-8-4)101-84(89)71-67-63-59-55-51-46-35-31-27-23-19-15-11-7-3/h26,30,34,43,79-81,86H,5-25,27-29,31-33,35-42,44-78H2,1-4H3,(H,91,92)(H,93,94)/b30-26-,43-34-/t79-,80+,81+/m0/s1. The van der Waals surface area contributed by atoms with Crippen LogP contribution in [0.5, 0.6) is 0 Å². The number of carbonyl (C=O) groups is 4. The minimum absolute atomic E-state index is 0.103. The molecular weight excluding hydrogens is 1350 g/mol. The fourth-order valence-electron chi connectivity index (χ4n) is 12.8. The van der Waals surface area contributed by atoms with Crippen molar-refractivity contribution in [2.45, 2.75) is 457 Å². The van der Waals surface area contributed by atoms with E-state index < -0.39 is 97.5 Å². The van der Waals surface area contributed by atoms with E-state index in [2.05, 4.69) is 52.0 Å². The maximum Gasteiger partial charge on any atom is 0.472 e. The van der Waals surface area contributed by atoms with E-state index in [1.165, 1.54) is 250 Å². The lowest BCUT2D eigenvalue weighted by Gasteiger charge is -2.21. The Balaban J connectivity index is 5.26. The predicted octanol–water partition coefficient (Wildman–Crippen LogP) is 25.7. The largest absolute Gasteiger partial charge is 0.472 e. The van der Waals surface area contributed by atoms with Crippen molar-refractivity contribution < 1.29 is 80.2 Å². The molecule has 17 nitrogen and oxygen atoms in total. The fraction of sp³-hybridized carbons (Fsp3) is 0.906. The third-order valence-electron chi connectivity index (χ3n) is 19.5. The van der Waals surface area contributed by atoms with Gasteiger partial charge in [-0.15, -0.1) is 0 Å². The highest BCUT2D eigenvalue weighted by molar-refractivity contribution is 7.47. The highest BCUT2D eigenvalue weighted by Gasteiger charge is 2.30. The van der Waals surface area contributed by atoms with Gasteiger partial charge in [0.05, 0.1) is 26.4 Å². The van der Waals surface area contributed by atoms with Crippen LogP contribution in [0.4, 0.5) is 0 Å². The summed E-state index contributed by atoms with van der Waals surface area (Å²) < 4.78 is 68.8. The monoisotopic (exact) mass is 1520 g/mol. The number of carbonyl (C=O) groups excluding carboxylic acids is 4. The molecule has 0 amide bonds. The molecule has 0 fully saturated rings. The van der Waals surface area contributed by atoms with E-state index in [1.54, 1.807) is 0 Å². The highest BCUT2D eigenvalue weighted by Crippen LogP contribution is 2.45. The van der Waals surface area contributed by atoms with Crippen molar-refractivity contribution in [3.8, 4) is 0 Å². The molecule has 0 saturated carbocycles. The molecule has 2 unspecified atom stereocenters. The lowest BCUT2D eigenvalue weighted by molar-refractivity contribution is -0.161. The first kappa shape index (κ1) is 102. The molecule has 104 heavy (non-hydrogen) atoms. The van der Waals surface area contributed by atoms with Gasteiger partial charge in [0.15, 0.2) is 12.2 Å². The molecule has 0 spiro atoms. The molecule has 0 heterocycles. The van der Waals surface area contributed by atoms with E-state index >= 15 is 0 Å². The lowest BCUT2D eigenvalue weighted by atomic mass is 10.0. The van der Waals surface area contributed by atoms with Gasteiger partial charge in [0.25, 0.3) is 0 Å². The molecule has 0 aromatic heterocycles. The molecule has 0 aliphatic carbocycles. The maximum atomic E-state index is 13.1. The number of unbranched alkanes of at least 4 members (excludes halogenated alkanes) is 55. The second-order valence-electron chi connectivity index (χ2n) is 29.9. The molecule has 5 atom stereocenters. The van der Waals surface area contributed by atoms with Crippen molar-refractivity contribution in [3.63, 3.8) is 0 Å². The average molecular weight is 1520 g/mol. The van der Waals surface area contributed by atoms with E-state index in [-0.39, 0.29) is 25.7 Å². The number of ether oxygens (including phenoxy) is 4. The van der Waals surface area contributed by atoms with Crippen molar-refractivity contribution in [1.82, 2.24) is 0 Å². The number of esters is 4. The molecule has 0 aliphatic rings. The fourth-order valence-corrected chi connectivity index (χ4v) is 14.4. The molecule has 0 aromatic rings. The third-order valence-corrected chi connectivity index (χ3v) is 21.4. The molecular formula is C85H162O17P2. The van der Waals surface area contributed by atoms with Crippen LogP contribution in [0.3, 0.4) is 0 Å². The summed E-state index contributed by atoms with van der Waals surface area (Å²) >= 11 is 0. The van der Waals surface area contributed by atoms with E-state index in [0.29, 0.717) is 25.7 Å². The van der Waals surface area contributed by atoms with Crippen molar-refractivity contribution in [3.05, 3.63) is 24.3 Å². The van der Waals surface area contributed by atoms with Crippen molar-refractivity contribution in [1.29, 1.82) is 0 Å². The first-order valence-corrected chi connectivity index (χ1v) is 46.6. The van der Waals surface area contributed by atoms with Crippen molar-refractivity contribution >= 4 is 39.5 Å². The van der Waals surface area contributed by atoms with Gasteiger partial charge >= 0.3 is 39.5 Å². The first-order valence-electron chi connectivity index (χ1n) is 43.6. The zero-order valence-corrected chi connectivity index (χ0v) is 69.3. The minimum Gasteiger partial charge on any atom is -0.462 e. The lowest BCUT2D eigenvalue weighted by Crippen LogP contribution is -2.30. The first-order chi connectivity index (χ1) is 50.7. The Kier molecular flexibility index (Phi) is 76.8. The Bertz CT molecular complexity index is 2060. The Hall–Kier alpha value is -2.46. The van der Waals surface area contributed by atoms with Crippen molar-refractivity contribution in [2.75, 3.05) is 39.6 Å². The van der Waals surface area contributed by atoms with E-state index in [0.717, 1.165) is 109 Å². The van der Waals surface area contributed by atoms with Gasteiger partial charge < -0.3 is 33.8 Å². The number of rotatable bonds is 84. The normalized spacial score (nSPS) is 13.9. The highest BCUT2D eigenvalue weighted by atomic mass is 31.2. The molecule has 614 valence electrons. The molecule has 0 rings (SSSR count). The molecule has 0 aliphatic heterocycles. The summed E-state index contributed by atoms with van der Waals surface area (Å²) in [7, 11) is -9.94. The van der Waals surface area contributed by atoms with Gasteiger partial charge in [0, 0.05) is 25.7 Å². The molecule has 3 N–H and O–H groups in total. The van der Waals surface area contributed by atoms with Crippen LogP contribution in [0.25, 0.3) is 0 Å². The van der Waals surface area contributed by atoms with Crippen LogP contribution in [0.1, 0.15) is 439 Å². The second kappa shape index (κ2) is 78.7. The van der Waals surface area contributed by atoms with Crippen LogP contribution < -0.4 is 0 Å². The summed E-state index contributed by atoms with van der Waals surface area (Å²) in [5, 5.41) is 10.7. The van der Waals surface area contributed by atoms with Crippen LogP contribution in [-0.4, -0.2) is 96.7 Å². The van der Waals surface area contributed by atoms with Gasteiger partial charge in [-0.2, -0.15) is 0 Å². The summed E-state index contributed by atoms with van der Waals surface area (Å²) in [6, 6.07) is 0. The summed E-state index contributed by atoms with van der Waals surface area (Å²) in [5.41, 5.74) is 0. The van der Waals surface area contributed by atoms with Gasteiger partial charge in [0.1, 0.15) is 19.3 Å². The second-order valence-corrected chi connectivity index (χ2v) is 32.8. The molecule has 0 bridgehead atoms. The van der Waals surface area contributed by atoms with Crippen LogP contribution in [0, 0.1) is 0 Å². The van der Waals surface area contributed by atoms with Crippen LogP contribution >= 0.6 is 15.6 Å². The zero-order valence-electron chi connectivity index (χ0n) is 67.5. The summed E-state index contributed by atoms with van der Waals surface area (Å²) in [5.74, 6) is -2.13. The Labute approximate surface area is 637 Å². The minimum atomic E-state index is -4.97. The van der Waals surface area contributed by atoms with Gasteiger partial charge in [-0.05, 0) is 51.4 Å². The zero-order chi connectivity index (χ0) is 76.0. The number of hydrogen-bond acceptors (Lipinski definition) is 15. The Morgan fingerprint density at radius 2 is 0.462 bits per heavy atom. The smallest absolute Gasteiger partial charge is 0.462 e. The quantitative estimate of drug-likeness (QED) is 0.0169. The topological polar surface area (TPSA) is 237 Å². The number of hydrogen-bond donors (Lipinski definition) is 3. The molecule has 0 saturated heterocycles.